The van der Waals surface area contributed by atoms with Gasteiger partial charge in [0.15, 0.2) is 11.5 Å². The average molecular weight is 430 g/mol. The molecule has 0 radical (unpaired) electrons. The quantitative estimate of drug-likeness (QED) is 0.628. The van der Waals surface area contributed by atoms with Crippen molar-refractivity contribution in [2.75, 3.05) is 13.2 Å². The third-order valence-corrected chi connectivity index (χ3v) is 7.00. The molecule has 0 saturated heterocycles. The van der Waals surface area contributed by atoms with E-state index in [4.69, 9.17) is 9.47 Å². The zero-order valence-electron chi connectivity index (χ0n) is 18.8. The molecule has 5 nitrogen and oxygen atoms in total. The van der Waals surface area contributed by atoms with Crippen molar-refractivity contribution in [3.05, 3.63) is 47.0 Å². The van der Waals surface area contributed by atoms with Crippen molar-refractivity contribution in [2.45, 2.75) is 65.2 Å². The van der Waals surface area contributed by atoms with Crippen molar-refractivity contribution in [3.8, 4) is 0 Å². The highest BCUT2D eigenvalue weighted by atomic mass is 19.1. The van der Waals surface area contributed by atoms with E-state index < -0.39 is 11.9 Å². The van der Waals surface area contributed by atoms with Gasteiger partial charge in [0.05, 0.1) is 23.6 Å². The molecule has 1 aromatic rings. The smallest absolute Gasteiger partial charge is 0.290 e. The predicted molar refractivity (Wildman–Crippen MR) is 115 cm³/mol. The minimum atomic E-state index is -0.745. The van der Waals surface area contributed by atoms with E-state index in [1.807, 2.05) is 13.8 Å². The lowest BCUT2D eigenvalue weighted by Crippen LogP contribution is -2.43. The fourth-order valence-corrected chi connectivity index (χ4v) is 5.11. The number of carbonyl (C=O) groups is 2. The lowest BCUT2D eigenvalue weighted by Gasteiger charge is -2.40. The molecule has 2 aliphatic heterocycles. The van der Waals surface area contributed by atoms with Gasteiger partial charge in [0.2, 0.25) is 0 Å². The van der Waals surface area contributed by atoms with Crippen LogP contribution in [0.25, 0.3) is 0 Å². The molecule has 0 aromatic heterocycles. The summed E-state index contributed by atoms with van der Waals surface area (Å²) in [5, 5.41) is 0. The number of rotatable bonds is 6. The van der Waals surface area contributed by atoms with Gasteiger partial charge in [0, 0.05) is 18.7 Å². The Balaban J connectivity index is 1.68. The van der Waals surface area contributed by atoms with Crippen molar-refractivity contribution in [2.24, 2.45) is 17.8 Å². The van der Waals surface area contributed by atoms with Crippen LogP contribution in [0.2, 0.25) is 0 Å². The molecule has 1 aliphatic carbocycles. The average Bonchev–Trinajstić information content (AvgIpc) is 2.99. The molecule has 168 valence electrons. The summed E-state index contributed by atoms with van der Waals surface area (Å²) in [5.41, 5.74) is 0.682. The summed E-state index contributed by atoms with van der Waals surface area (Å²) in [6, 6.07) is 5.64. The summed E-state index contributed by atoms with van der Waals surface area (Å²) in [4.78, 5) is 28.6. The molecule has 0 N–H and O–H groups in total. The van der Waals surface area contributed by atoms with Gasteiger partial charge in [-0.2, -0.15) is 0 Å². The number of ketones is 1. The maximum absolute atomic E-state index is 14.8. The van der Waals surface area contributed by atoms with Crippen LogP contribution in [0.4, 0.5) is 4.39 Å². The number of hydrogen-bond donors (Lipinski definition) is 0. The van der Waals surface area contributed by atoms with Crippen molar-refractivity contribution >= 4 is 11.7 Å². The van der Waals surface area contributed by atoms with Crippen LogP contribution in [0.1, 0.15) is 58.6 Å². The molecule has 1 amide bonds. The molecule has 0 spiro atoms. The van der Waals surface area contributed by atoms with Gasteiger partial charge >= 0.3 is 0 Å². The Labute approximate surface area is 183 Å². The number of hydrogen-bond acceptors (Lipinski definition) is 4. The maximum atomic E-state index is 14.8. The first-order chi connectivity index (χ1) is 14.8. The number of carbonyl (C=O) groups excluding carboxylic acids is 2. The van der Waals surface area contributed by atoms with Gasteiger partial charge in [-0.1, -0.05) is 32.0 Å². The zero-order chi connectivity index (χ0) is 22.3. The molecule has 31 heavy (non-hydrogen) atoms. The van der Waals surface area contributed by atoms with E-state index in [2.05, 4.69) is 13.8 Å². The van der Waals surface area contributed by atoms with Crippen LogP contribution >= 0.6 is 0 Å². The first-order valence-corrected chi connectivity index (χ1v) is 11.4. The Bertz CT molecular complexity index is 895. The van der Waals surface area contributed by atoms with Gasteiger partial charge in [0.25, 0.3) is 5.91 Å². The van der Waals surface area contributed by atoms with E-state index in [1.165, 1.54) is 6.07 Å². The van der Waals surface area contributed by atoms with Crippen molar-refractivity contribution < 1.29 is 23.5 Å². The number of fused-ring (bicyclic) bond motifs is 1. The summed E-state index contributed by atoms with van der Waals surface area (Å²) in [6.07, 6.45) is 1.92. The molecule has 1 saturated carbocycles. The van der Waals surface area contributed by atoms with Crippen LogP contribution < -0.4 is 0 Å². The lowest BCUT2D eigenvalue weighted by atomic mass is 9.70. The predicted octanol–water partition coefficient (Wildman–Crippen LogP) is 4.43. The Morgan fingerprint density at radius 1 is 1.16 bits per heavy atom. The highest BCUT2D eigenvalue weighted by Crippen LogP contribution is 2.48. The summed E-state index contributed by atoms with van der Waals surface area (Å²) in [5.74, 6) is -0.0812. The van der Waals surface area contributed by atoms with Crippen molar-refractivity contribution in [1.29, 1.82) is 0 Å². The van der Waals surface area contributed by atoms with Crippen LogP contribution in [0.3, 0.4) is 0 Å². The number of ether oxygens (including phenoxy) is 2. The van der Waals surface area contributed by atoms with E-state index in [9.17, 15) is 14.0 Å². The number of Topliss-reactive ketones (excluding diaryl/α,β-unsaturated/α-hetero) is 1. The molecular formula is C25H32FNO4. The molecular weight excluding hydrogens is 397 g/mol. The minimum absolute atomic E-state index is 0.0486. The second-order valence-corrected chi connectivity index (χ2v) is 9.49. The Morgan fingerprint density at radius 2 is 1.87 bits per heavy atom. The van der Waals surface area contributed by atoms with Gasteiger partial charge in [0.1, 0.15) is 11.9 Å². The summed E-state index contributed by atoms with van der Waals surface area (Å²) in [6.45, 7) is 9.10. The fourth-order valence-electron chi connectivity index (χ4n) is 5.11. The molecule has 6 heteroatoms. The minimum Gasteiger partial charge on any atom is -0.483 e. The van der Waals surface area contributed by atoms with Gasteiger partial charge < -0.3 is 14.4 Å². The third kappa shape index (κ3) is 4.02. The highest BCUT2D eigenvalue weighted by molar-refractivity contribution is 6.11. The van der Waals surface area contributed by atoms with E-state index in [1.54, 1.807) is 23.1 Å². The Hall–Kier alpha value is -2.21. The molecule has 0 bridgehead atoms. The molecule has 5 atom stereocenters. The van der Waals surface area contributed by atoms with Crippen LogP contribution in [0, 0.1) is 23.6 Å². The Kier molecular flexibility index (Phi) is 6.20. The molecule has 2 heterocycles. The van der Waals surface area contributed by atoms with Gasteiger partial charge in [-0.05, 0) is 51.0 Å². The summed E-state index contributed by atoms with van der Waals surface area (Å²) < 4.78 is 26.6. The maximum Gasteiger partial charge on any atom is 0.290 e. The van der Waals surface area contributed by atoms with E-state index >= 15 is 0 Å². The topological polar surface area (TPSA) is 55.8 Å². The van der Waals surface area contributed by atoms with Gasteiger partial charge in [-0.25, -0.2) is 4.39 Å². The summed E-state index contributed by atoms with van der Waals surface area (Å²) in [7, 11) is 0. The Morgan fingerprint density at radius 3 is 2.58 bits per heavy atom. The number of halogens is 1. The van der Waals surface area contributed by atoms with Crippen LogP contribution in [-0.2, 0) is 19.1 Å². The van der Waals surface area contributed by atoms with Crippen LogP contribution in [0.5, 0.6) is 0 Å². The number of amides is 1. The number of nitrogens with zero attached hydrogens (tertiary/aromatic N) is 1. The fraction of sp³-hybridized carbons (Fsp3) is 0.600. The highest BCUT2D eigenvalue weighted by Gasteiger charge is 2.53. The summed E-state index contributed by atoms with van der Waals surface area (Å²) >= 11 is 0. The van der Waals surface area contributed by atoms with Crippen LogP contribution in [-0.4, -0.2) is 41.9 Å². The molecule has 4 rings (SSSR count). The molecule has 3 aliphatic rings. The second kappa shape index (κ2) is 8.73. The zero-order valence-corrected chi connectivity index (χ0v) is 18.8. The first-order valence-electron chi connectivity index (χ1n) is 11.4. The monoisotopic (exact) mass is 429 g/mol. The van der Waals surface area contributed by atoms with E-state index in [-0.39, 0.29) is 35.6 Å². The largest absolute Gasteiger partial charge is 0.483 e. The SMILES string of the molecule is CC(C)OCCCN1C(=O)C2=C(C(=O)C3CC(C)C(C)CC3O2)C1c1ccccc1F. The van der Waals surface area contributed by atoms with Crippen molar-refractivity contribution in [1.82, 2.24) is 4.90 Å². The second-order valence-electron chi connectivity index (χ2n) is 9.49. The molecule has 1 fully saturated rings. The van der Waals surface area contributed by atoms with E-state index in [0.29, 0.717) is 42.5 Å². The molecule has 1 aromatic carbocycles. The van der Waals surface area contributed by atoms with Gasteiger partial charge in [-0.15, -0.1) is 0 Å². The first kappa shape index (κ1) is 22.0. The standard InChI is InChI=1S/C25H32FNO4/c1-14(2)30-11-7-10-27-22(17-8-5-6-9-19(17)26)21-23(28)18-12-15(3)16(4)13-20(18)31-24(21)25(27)29/h5-6,8-9,14-16,18,20,22H,7,10-13H2,1-4H3. The third-order valence-electron chi connectivity index (χ3n) is 7.00. The number of benzene rings is 1. The van der Waals surface area contributed by atoms with E-state index in [0.717, 1.165) is 12.8 Å². The van der Waals surface area contributed by atoms with Crippen LogP contribution in [0.15, 0.2) is 35.6 Å². The normalized spacial score (nSPS) is 30.5. The van der Waals surface area contributed by atoms with Gasteiger partial charge in [-0.3, -0.25) is 9.59 Å². The lowest BCUT2D eigenvalue weighted by molar-refractivity contribution is -0.137. The van der Waals surface area contributed by atoms with Crippen molar-refractivity contribution in [3.63, 3.8) is 0 Å². The molecule has 5 unspecified atom stereocenters.